The second kappa shape index (κ2) is 14.0. The first kappa shape index (κ1) is 26.8. The highest BCUT2D eigenvalue weighted by Crippen LogP contribution is 2.20. The van der Waals surface area contributed by atoms with Crippen molar-refractivity contribution < 1.29 is 27.8 Å². The van der Waals surface area contributed by atoms with E-state index < -0.39 is 18.5 Å². The number of aliphatic hydroxyl groups is 1. The zero-order valence-corrected chi connectivity index (χ0v) is 19.6. The molecule has 6 nitrogen and oxygen atoms in total. The third-order valence-electron chi connectivity index (χ3n) is 4.01. The van der Waals surface area contributed by atoms with E-state index in [1.165, 1.54) is 30.3 Å². The van der Waals surface area contributed by atoms with Gasteiger partial charge in [0, 0.05) is 13.1 Å². The maximum atomic E-state index is 14.0. The van der Waals surface area contributed by atoms with Crippen LogP contribution in [-0.4, -0.2) is 37.4 Å². The largest absolute Gasteiger partial charge is 0.491 e. The number of nitrogens with one attached hydrogen (secondary N) is 2. The maximum absolute atomic E-state index is 14.0. The quantitative estimate of drug-likeness (QED) is 0.233. The summed E-state index contributed by atoms with van der Waals surface area (Å²) in [5.74, 6) is 0.218. The van der Waals surface area contributed by atoms with Crippen LogP contribution in [0.5, 0.6) is 11.5 Å². The summed E-state index contributed by atoms with van der Waals surface area (Å²) < 4.78 is 47.8. The zero-order valence-electron chi connectivity index (χ0n) is 17.3. The molecule has 0 fully saturated rings. The number of guanidine groups is 1. The lowest BCUT2D eigenvalue weighted by atomic mass is 10.1. The van der Waals surface area contributed by atoms with Crippen LogP contribution in [0.25, 0.3) is 0 Å². The SMILES string of the molecule is CCNC(=NCc1ccc(OCC)c(F)c1)NCC(O)c1ccc(OC(F)F)cc1.I. The summed E-state index contributed by atoms with van der Waals surface area (Å²) in [5, 5.41) is 16.4. The molecule has 0 radical (unpaired) electrons. The smallest absolute Gasteiger partial charge is 0.387 e. The highest BCUT2D eigenvalue weighted by molar-refractivity contribution is 14.0. The van der Waals surface area contributed by atoms with Gasteiger partial charge in [0.05, 0.1) is 19.3 Å². The van der Waals surface area contributed by atoms with Gasteiger partial charge >= 0.3 is 6.61 Å². The van der Waals surface area contributed by atoms with Crippen molar-refractivity contribution in [3.05, 3.63) is 59.4 Å². The number of nitrogens with zero attached hydrogens (tertiary/aromatic N) is 1. The fourth-order valence-electron chi connectivity index (χ4n) is 2.61. The molecule has 172 valence electrons. The predicted molar refractivity (Wildman–Crippen MR) is 124 cm³/mol. The molecule has 0 aliphatic heterocycles. The predicted octanol–water partition coefficient (Wildman–Crippen LogP) is 4.23. The van der Waals surface area contributed by atoms with Crippen LogP contribution >= 0.6 is 24.0 Å². The van der Waals surface area contributed by atoms with E-state index in [1.807, 2.05) is 6.92 Å². The molecule has 2 rings (SSSR count). The minimum absolute atomic E-state index is 0. The van der Waals surface area contributed by atoms with Gasteiger partial charge in [0.15, 0.2) is 17.5 Å². The van der Waals surface area contributed by atoms with E-state index in [-0.39, 0.29) is 48.6 Å². The number of benzene rings is 2. The Kier molecular flexibility index (Phi) is 12.1. The molecule has 1 atom stereocenters. The average molecular weight is 553 g/mol. The molecule has 0 aliphatic rings. The molecule has 2 aromatic carbocycles. The highest BCUT2D eigenvalue weighted by atomic mass is 127. The van der Waals surface area contributed by atoms with Crippen LogP contribution in [0.15, 0.2) is 47.5 Å². The Morgan fingerprint density at radius 3 is 2.39 bits per heavy atom. The second-order valence-electron chi connectivity index (χ2n) is 6.24. The summed E-state index contributed by atoms with van der Waals surface area (Å²) in [6, 6.07) is 10.4. The van der Waals surface area contributed by atoms with Crippen LogP contribution in [0.1, 0.15) is 31.1 Å². The van der Waals surface area contributed by atoms with Crippen LogP contribution in [0.4, 0.5) is 13.2 Å². The number of hydrogen-bond donors (Lipinski definition) is 3. The Bertz CT molecular complexity index is 823. The number of aliphatic hydroxyl groups excluding tert-OH is 1. The van der Waals surface area contributed by atoms with Crippen molar-refractivity contribution in [3.63, 3.8) is 0 Å². The van der Waals surface area contributed by atoms with Gasteiger partial charge in [-0.05, 0) is 49.2 Å². The van der Waals surface area contributed by atoms with Crippen molar-refractivity contribution in [3.8, 4) is 11.5 Å². The normalized spacial score (nSPS) is 12.2. The van der Waals surface area contributed by atoms with Crippen molar-refractivity contribution in [1.29, 1.82) is 0 Å². The average Bonchev–Trinajstić information content (AvgIpc) is 2.72. The van der Waals surface area contributed by atoms with Crippen LogP contribution in [0.2, 0.25) is 0 Å². The molecular weight excluding hydrogens is 526 g/mol. The number of rotatable bonds is 10. The van der Waals surface area contributed by atoms with E-state index in [4.69, 9.17) is 4.74 Å². The Morgan fingerprint density at radius 2 is 1.81 bits per heavy atom. The third-order valence-corrected chi connectivity index (χ3v) is 4.01. The van der Waals surface area contributed by atoms with Gasteiger partial charge in [-0.1, -0.05) is 18.2 Å². The number of ether oxygens (including phenoxy) is 2. The molecule has 0 bridgehead atoms. The lowest BCUT2D eigenvalue weighted by Gasteiger charge is -2.16. The lowest BCUT2D eigenvalue weighted by Crippen LogP contribution is -2.39. The summed E-state index contributed by atoms with van der Waals surface area (Å²) in [7, 11) is 0. The molecule has 0 aromatic heterocycles. The fraction of sp³-hybridized carbons (Fsp3) is 0.381. The van der Waals surface area contributed by atoms with Crippen LogP contribution in [0, 0.1) is 5.82 Å². The summed E-state index contributed by atoms with van der Waals surface area (Å²) in [6.45, 7) is 2.13. The topological polar surface area (TPSA) is 75.1 Å². The monoisotopic (exact) mass is 553 g/mol. The Morgan fingerprint density at radius 1 is 1.10 bits per heavy atom. The fourth-order valence-corrected chi connectivity index (χ4v) is 2.61. The molecule has 31 heavy (non-hydrogen) atoms. The van der Waals surface area contributed by atoms with Crippen molar-refractivity contribution in [2.45, 2.75) is 33.1 Å². The first-order chi connectivity index (χ1) is 14.4. The first-order valence-electron chi connectivity index (χ1n) is 9.59. The lowest BCUT2D eigenvalue weighted by molar-refractivity contribution is -0.0498. The summed E-state index contributed by atoms with van der Waals surface area (Å²) >= 11 is 0. The maximum Gasteiger partial charge on any atom is 0.387 e. The number of aliphatic imine (C=N–C) groups is 1. The van der Waals surface area contributed by atoms with Gasteiger partial charge in [0.2, 0.25) is 0 Å². The number of alkyl halides is 2. The molecule has 3 N–H and O–H groups in total. The molecule has 10 heteroatoms. The standard InChI is InChI=1S/C21H26F3N3O3.HI/c1-3-25-21(26-12-14-5-10-19(29-4-2)17(22)11-14)27-13-18(28)15-6-8-16(9-7-15)30-20(23)24;/h5-11,18,20,28H,3-4,12-13H2,1-2H3,(H2,25,26,27);1H. The summed E-state index contributed by atoms with van der Waals surface area (Å²) in [6.07, 6.45) is -0.891. The van der Waals surface area contributed by atoms with Crippen LogP contribution in [0.3, 0.4) is 0 Å². The summed E-state index contributed by atoms with van der Waals surface area (Å²) in [4.78, 5) is 4.39. The van der Waals surface area contributed by atoms with E-state index in [0.717, 1.165) is 0 Å². The van der Waals surface area contributed by atoms with E-state index in [2.05, 4.69) is 20.4 Å². The van der Waals surface area contributed by atoms with E-state index in [1.54, 1.807) is 19.1 Å². The molecule has 2 aromatic rings. The van der Waals surface area contributed by atoms with Gasteiger partial charge in [-0.15, -0.1) is 24.0 Å². The van der Waals surface area contributed by atoms with E-state index >= 15 is 0 Å². The molecule has 0 amide bonds. The molecule has 0 saturated carbocycles. The second-order valence-corrected chi connectivity index (χ2v) is 6.24. The molecule has 0 heterocycles. The first-order valence-corrected chi connectivity index (χ1v) is 9.59. The van der Waals surface area contributed by atoms with Crippen LogP contribution < -0.4 is 20.1 Å². The Balaban J connectivity index is 0.00000480. The van der Waals surface area contributed by atoms with Gasteiger partial charge < -0.3 is 25.2 Å². The third kappa shape index (κ3) is 9.21. The van der Waals surface area contributed by atoms with Gasteiger partial charge in [-0.3, -0.25) is 0 Å². The van der Waals surface area contributed by atoms with Gasteiger partial charge in [-0.2, -0.15) is 8.78 Å². The van der Waals surface area contributed by atoms with Crippen molar-refractivity contribution in [1.82, 2.24) is 10.6 Å². The molecular formula is C21H27F3IN3O3. The number of halogens is 4. The Hall–Kier alpha value is -2.21. The molecule has 1 unspecified atom stereocenters. The molecule has 0 spiro atoms. The van der Waals surface area contributed by atoms with Crippen LogP contribution in [-0.2, 0) is 6.54 Å². The van der Waals surface area contributed by atoms with Crippen molar-refractivity contribution >= 4 is 29.9 Å². The summed E-state index contributed by atoms with van der Waals surface area (Å²) in [5.41, 5.74) is 1.21. The molecule has 0 saturated heterocycles. The minimum Gasteiger partial charge on any atom is -0.491 e. The van der Waals surface area contributed by atoms with Gasteiger partial charge in [0.1, 0.15) is 5.75 Å². The van der Waals surface area contributed by atoms with E-state index in [0.29, 0.717) is 30.2 Å². The molecule has 0 aliphatic carbocycles. The van der Waals surface area contributed by atoms with Crippen molar-refractivity contribution in [2.75, 3.05) is 19.7 Å². The highest BCUT2D eigenvalue weighted by Gasteiger charge is 2.10. The zero-order chi connectivity index (χ0) is 21.9. The number of hydrogen-bond acceptors (Lipinski definition) is 4. The van der Waals surface area contributed by atoms with E-state index in [9.17, 15) is 18.3 Å². The van der Waals surface area contributed by atoms with Crippen molar-refractivity contribution in [2.24, 2.45) is 4.99 Å². The van der Waals surface area contributed by atoms with Gasteiger partial charge in [0.25, 0.3) is 0 Å². The minimum atomic E-state index is -2.90. The Labute approximate surface area is 196 Å². The van der Waals surface area contributed by atoms with Gasteiger partial charge in [-0.25, -0.2) is 9.38 Å².